The van der Waals surface area contributed by atoms with E-state index < -0.39 is 23.6 Å². The van der Waals surface area contributed by atoms with E-state index in [1.54, 1.807) is 4.52 Å². The van der Waals surface area contributed by atoms with Gasteiger partial charge in [0.2, 0.25) is 0 Å². The number of anilines is 3. The van der Waals surface area contributed by atoms with Crippen LogP contribution in [0.2, 0.25) is 0 Å². The average Bonchev–Trinajstić information content (AvgIpc) is 3.11. The maximum absolute atomic E-state index is 14.9. The summed E-state index contributed by atoms with van der Waals surface area (Å²) in [4.78, 5) is 18.9. The number of hydrogen-bond acceptors (Lipinski definition) is 6. The van der Waals surface area contributed by atoms with Gasteiger partial charge in [-0.1, -0.05) is 6.07 Å². The number of nitrogens with two attached hydrogens (primary N) is 1. The first kappa shape index (κ1) is 26.4. The lowest BCUT2D eigenvalue weighted by atomic mass is 10.2. The van der Waals surface area contributed by atoms with Crippen LogP contribution in [0, 0.1) is 5.82 Å². The van der Waals surface area contributed by atoms with Crippen LogP contribution in [0.1, 0.15) is 17.7 Å². The van der Waals surface area contributed by atoms with Crippen LogP contribution in [0.25, 0.3) is 16.9 Å². The molecular weight excluding hydrogens is 518 g/mol. The molecule has 0 bridgehead atoms. The molecule has 2 aromatic heterocycles. The number of nitrogens with one attached hydrogen (secondary N) is 2. The van der Waals surface area contributed by atoms with Gasteiger partial charge in [0.25, 0.3) is 0 Å². The molecular formula is C26H25F4N7O2. The second kappa shape index (κ2) is 10.9. The minimum absolute atomic E-state index is 0.0910. The predicted molar refractivity (Wildman–Crippen MR) is 138 cm³/mol. The first-order valence-corrected chi connectivity index (χ1v) is 12.2. The molecule has 1 fully saturated rings. The number of halogens is 4. The summed E-state index contributed by atoms with van der Waals surface area (Å²) in [5.41, 5.74) is 6.84. The third-order valence-corrected chi connectivity index (χ3v) is 6.24. The van der Waals surface area contributed by atoms with E-state index in [0.29, 0.717) is 24.2 Å². The summed E-state index contributed by atoms with van der Waals surface area (Å²) in [5.74, 6) is -0.365. The van der Waals surface area contributed by atoms with Crippen molar-refractivity contribution in [2.24, 2.45) is 0 Å². The summed E-state index contributed by atoms with van der Waals surface area (Å²) >= 11 is 0. The van der Waals surface area contributed by atoms with Gasteiger partial charge in [0, 0.05) is 37.5 Å². The maximum atomic E-state index is 14.9. The Kier molecular flexibility index (Phi) is 7.35. The monoisotopic (exact) mass is 543 g/mol. The van der Waals surface area contributed by atoms with Crippen molar-refractivity contribution in [2.45, 2.75) is 19.1 Å². The molecule has 3 heterocycles. The van der Waals surface area contributed by atoms with Gasteiger partial charge >= 0.3 is 12.2 Å². The second-order valence-electron chi connectivity index (χ2n) is 9.04. The molecule has 0 saturated carbocycles. The van der Waals surface area contributed by atoms with Crippen LogP contribution in [0.5, 0.6) is 0 Å². The van der Waals surface area contributed by atoms with Crippen molar-refractivity contribution in [2.75, 3.05) is 42.7 Å². The minimum Gasteiger partial charge on any atom is -0.382 e. The molecule has 0 aliphatic carbocycles. The zero-order chi connectivity index (χ0) is 27.6. The van der Waals surface area contributed by atoms with Crippen LogP contribution in [-0.2, 0) is 17.5 Å². The number of urea groups is 1. The largest absolute Gasteiger partial charge is 0.416 e. The molecule has 204 valence electrons. The fourth-order valence-corrected chi connectivity index (χ4v) is 4.31. The summed E-state index contributed by atoms with van der Waals surface area (Å²) in [6, 6.07) is 11.0. The molecule has 0 radical (unpaired) electrons. The Morgan fingerprint density at radius 3 is 2.69 bits per heavy atom. The van der Waals surface area contributed by atoms with Gasteiger partial charge in [-0.25, -0.2) is 18.7 Å². The molecule has 5 rings (SSSR count). The summed E-state index contributed by atoms with van der Waals surface area (Å²) in [7, 11) is 0. The van der Waals surface area contributed by atoms with Gasteiger partial charge in [0.1, 0.15) is 11.3 Å². The molecule has 2 aromatic carbocycles. The van der Waals surface area contributed by atoms with Crippen LogP contribution in [0.4, 0.5) is 39.5 Å². The Hall–Kier alpha value is -4.23. The number of nitrogen functional groups attached to an aromatic ring is 1. The molecule has 0 unspecified atom stereocenters. The van der Waals surface area contributed by atoms with E-state index in [-0.39, 0.29) is 23.0 Å². The number of amides is 2. The van der Waals surface area contributed by atoms with E-state index in [4.69, 9.17) is 10.5 Å². The van der Waals surface area contributed by atoms with Crippen molar-refractivity contribution in [3.8, 4) is 11.4 Å². The second-order valence-corrected chi connectivity index (χ2v) is 9.04. The lowest BCUT2D eigenvalue weighted by molar-refractivity contribution is -0.137. The summed E-state index contributed by atoms with van der Waals surface area (Å²) in [6.45, 7) is 3.70. The SMILES string of the molecule is Nc1nc(-c2ccc(NC(=O)Nc3cccc(C(F)(F)F)c3)c(F)c2)nn2c(CN3CCCOCC3)ccc12. The molecule has 13 heteroatoms. The van der Waals surface area contributed by atoms with Crippen LogP contribution in [-0.4, -0.2) is 51.8 Å². The van der Waals surface area contributed by atoms with Crippen molar-refractivity contribution >= 4 is 28.7 Å². The molecule has 2 amide bonds. The van der Waals surface area contributed by atoms with Crippen LogP contribution >= 0.6 is 0 Å². The van der Waals surface area contributed by atoms with Gasteiger partial charge in [-0.3, -0.25) is 4.90 Å². The minimum atomic E-state index is -4.56. The smallest absolute Gasteiger partial charge is 0.382 e. The van der Waals surface area contributed by atoms with E-state index in [1.807, 2.05) is 12.1 Å². The molecule has 4 aromatic rings. The highest BCUT2D eigenvalue weighted by Crippen LogP contribution is 2.31. The van der Waals surface area contributed by atoms with Gasteiger partial charge in [-0.15, -0.1) is 5.10 Å². The van der Waals surface area contributed by atoms with Gasteiger partial charge in [-0.2, -0.15) is 13.2 Å². The Morgan fingerprint density at radius 1 is 1.05 bits per heavy atom. The number of hydrogen-bond donors (Lipinski definition) is 3. The van der Waals surface area contributed by atoms with Gasteiger partial charge in [0.15, 0.2) is 11.6 Å². The summed E-state index contributed by atoms with van der Waals surface area (Å²) in [5, 5.41) is 9.15. The number of carbonyl (C=O) groups is 1. The van der Waals surface area contributed by atoms with Crippen molar-refractivity contribution in [1.82, 2.24) is 19.5 Å². The third-order valence-electron chi connectivity index (χ3n) is 6.24. The number of ether oxygens (including phenoxy) is 1. The van der Waals surface area contributed by atoms with Crippen LogP contribution in [0.15, 0.2) is 54.6 Å². The average molecular weight is 544 g/mol. The standard InChI is InChI=1S/C26H25F4N7O2/c27-20-13-16(5-7-21(20)33-25(38)32-18-4-1-3-17(14-18)26(28,29)30)24-34-23(31)22-8-6-19(37(22)35-24)15-36-9-2-11-39-12-10-36/h1,3-8,13-14H,2,9-12,15H2,(H2,31,34,35)(H2,32,33,38). The third kappa shape index (κ3) is 6.10. The Bertz CT molecular complexity index is 1500. The van der Waals surface area contributed by atoms with E-state index in [9.17, 15) is 22.4 Å². The van der Waals surface area contributed by atoms with Gasteiger partial charge in [-0.05, 0) is 55.0 Å². The topological polar surface area (TPSA) is 110 Å². The summed E-state index contributed by atoms with van der Waals surface area (Å²) < 4.78 is 60.9. The zero-order valence-corrected chi connectivity index (χ0v) is 20.6. The lowest BCUT2D eigenvalue weighted by Crippen LogP contribution is -2.26. The Balaban J connectivity index is 1.33. The van der Waals surface area contributed by atoms with Crippen molar-refractivity contribution in [1.29, 1.82) is 0 Å². The highest BCUT2D eigenvalue weighted by atomic mass is 19.4. The normalized spacial score (nSPS) is 14.8. The Morgan fingerprint density at radius 2 is 1.90 bits per heavy atom. The molecule has 4 N–H and O–H groups in total. The van der Waals surface area contributed by atoms with Crippen molar-refractivity contribution < 1.29 is 27.1 Å². The first-order valence-electron chi connectivity index (χ1n) is 12.2. The van der Waals surface area contributed by atoms with Gasteiger partial charge < -0.3 is 21.1 Å². The number of rotatable bonds is 5. The zero-order valence-electron chi connectivity index (χ0n) is 20.6. The number of nitrogens with zero attached hydrogens (tertiary/aromatic N) is 4. The first-order chi connectivity index (χ1) is 18.7. The number of benzene rings is 2. The quantitative estimate of drug-likeness (QED) is 0.306. The van der Waals surface area contributed by atoms with Crippen molar-refractivity contribution in [3.63, 3.8) is 0 Å². The van der Waals surface area contributed by atoms with Gasteiger partial charge in [0.05, 0.1) is 23.6 Å². The molecule has 0 atom stereocenters. The fourth-order valence-electron chi connectivity index (χ4n) is 4.31. The number of alkyl halides is 3. The van der Waals surface area contributed by atoms with Crippen LogP contribution in [0.3, 0.4) is 0 Å². The molecule has 39 heavy (non-hydrogen) atoms. The molecule has 1 aliphatic rings. The molecule has 0 spiro atoms. The molecule has 1 saturated heterocycles. The Labute approximate surface area is 220 Å². The maximum Gasteiger partial charge on any atom is 0.416 e. The van der Waals surface area contributed by atoms with Crippen molar-refractivity contribution in [3.05, 3.63) is 71.7 Å². The molecule has 1 aliphatic heterocycles. The summed E-state index contributed by atoms with van der Waals surface area (Å²) in [6.07, 6.45) is -3.63. The van der Waals surface area contributed by atoms with E-state index in [1.165, 1.54) is 18.2 Å². The number of aromatic nitrogens is 3. The van der Waals surface area contributed by atoms with Crippen LogP contribution < -0.4 is 16.4 Å². The van der Waals surface area contributed by atoms with E-state index >= 15 is 0 Å². The highest BCUT2D eigenvalue weighted by Gasteiger charge is 2.30. The highest BCUT2D eigenvalue weighted by molar-refractivity contribution is 6.00. The molecule has 9 nitrogen and oxygen atoms in total. The van der Waals surface area contributed by atoms with E-state index in [2.05, 4.69) is 25.6 Å². The fraction of sp³-hybridized carbons (Fsp3) is 0.269. The van der Waals surface area contributed by atoms with E-state index in [0.717, 1.165) is 56.1 Å². The number of carbonyl (C=O) groups excluding carboxylic acids is 1. The number of fused-ring (bicyclic) bond motifs is 1. The predicted octanol–water partition coefficient (Wildman–Crippen LogP) is 5.00. The lowest BCUT2D eigenvalue weighted by Gasteiger charge is -2.18.